The Morgan fingerprint density at radius 1 is 1.33 bits per heavy atom. The standard InChI is InChI=1S/C15H24N2O3S/c1-3-4-5-9-21(19)10-8-15(18)17-13-7-6-12(16)11-14(13)20-2/h6-7,11H,3-5,8-10,16H2,1-2H3,(H,17,18). The number of methoxy groups -OCH3 is 1. The molecule has 0 spiro atoms. The molecule has 0 bridgehead atoms. The van der Waals surface area contributed by atoms with Crippen LogP contribution in [0.25, 0.3) is 0 Å². The quantitative estimate of drug-likeness (QED) is 0.542. The van der Waals surface area contributed by atoms with E-state index >= 15 is 0 Å². The van der Waals surface area contributed by atoms with Crippen LogP contribution in [-0.2, 0) is 15.6 Å². The van der Waals surface area contributed by atoms with E-state index < -0.39 is 10.8 Å². The van der Waals surface area contributed by atoms with Crippen LogP contribution in [0.15, 0.2) is 18.2 Å². The fourth-order valence-corrected chi connectivity index (χ4v) is 2.99. The minimum absolute atomic E-state index is 0.165. The van der Waals surface area contributed by atoms with Crippen molar-refractivity contribution in [3.63, 3.8) is 0 Å². The SMILES string of the molecule is CCCCCS(=O)CCC(=O)Nc1ccc(N)cc1OC. The number of ether oxygens (including phenoxy) is 1. The van der Waals surface area contributed by atoms with E-state index in [-0.39, 0.29) is 12.3 Å². The Bertz CT molecular complexity index is 492. The van der Waals surface area contributed by atoms with Gasteiger partial charge in [-0.1, -0.05) is 19.8 Å². The van der Waals surface area contributed by atoms with Gasteiger partial charge in [-0.2, -0.15) is 0 Å². The average Bonchev–Trinajstić information content (AvgIpc) is 2.47. The molecule has 21 heavy (non-hydrogen) atoms. The topological polar surface area (TPSA) is 81.4 Å². The molecule has 0 fully saturated rings. The van der Waals surface area contributed by atoms with Gasteiger partial charge in [0, 0.05) is 40.5 Å². The molecule has 0 aliphatic rings. The van der Waals surface area contributed by atoms with E-state index in [0.717, 1.165) is 19.3 Å². The van der Waals surface area contributed by atoms with Gasteiger partial charge in [0.2, 0.25) is 5.91 Å². The minimum Gasteiger partial charge on any atom is -0.494 e. The summed E-state index contributed by atoms with van der Waals surface area (Å²) in [5.74, 6) is 1.42. The van der Waals surface area contributed by atoms with Crippen LogP contribution in [0.3, 0.4) is 0 Å². The fourth-order valence-electron chi connectivity index (χ4n) is 1.85. The second kappa shape index (κ2) is 9.39. The van der Waals surface area contributed by atoms with Crippen molar-refractivity contribution in [2.45, 2.75) is 32.6 Å². The van der Waals surface area contributed by atoms with Gasteiger partial charge in [-0.05, 0) is 18.6 Å². The number of carbonyl (C=O) groups is 1. The molecule has 0 radical (unpaired) electrons. The number of hydrogen-bond acceptors (Lipinski definition) is 4. The Kier molecular flexibility index (Phi) is 7.82. The van der Waals surface area contributed by atoms with Crippen LogP contribution in [0.1, 0.15) is 32.6 Å². The molecular formula is C15H24N2O3S. The Hall–Kier alpha value is -1.56. The van der Waals surface area contributed by atoms with Crippen LogP contribution in [0.5, 0.6) is 5.75 Å². The molecule has 6 heteroatoms. The molecule has 0 saturated heterocycles. The number of rotatable bonds is 9. The Morgan fingerprint density at radius 3 is 2.76 bits per heavy atom. The van der Waals surface area contributed by atoms with Crippen molar-refractivity contribution >= 4 is 28.1 Å². The van der Waals surface area contributed by atoms with Crippen LogP contribution in [0.4, 0.5) is 11.4 Å². The summed E-state index contributed by atoms with van der Waals surface area (Å²) in [5, 5.41) is 2.76. The van der Waals surface area contributed by atoms with E-state index in [0.29, 0.717) is 28.6 Å². The van der Waals surface area contributed by atoms with Crippen LogP contribution < -0.4 is 15.8 Å². The molecule has 0 heterocycles. The van der Waals surface area contributed by atoms with Crippen LogP contribution >= 0.6 is 0 Å². The molecule has 0 aromatic heterocycles. The predicted molar refractivity (Wildman–Crippen MR) is 88.1 cm³/mol. The lowest BCUT2D eigenvalue weighted by Crippen LogP contribution is -2.16. The number of hydrogen-bond donors (Lipinski definition) is 2. The van der Waals surface area contributed by atoms with Crippen LogP contribution in [0, 0.1) is 0 Å². The van der Waals surface area contributed by atoms with Gasteiger partial charge in [0.1, 0.15) is 5.75 Å². The van der Waals surface area contributed by atoms with Crippen LogP contribution in [-0.4, -0.2) is 28.7 Å². The van der Waals surface area contributed by atoms with Gasteiger partial charge >= 0.3 is 0 Å². The lowest BCUT2D eigenvalue weighted by atomic mass is 10.2. The highest BCUT2D eigenvalue weighted by molar-refractivity contribution is 7.84. The van der Waals surface area contributed by atoms with E-state index in [1.165, 1.54) is 7.11 Å². The summed E-state index contributed by atoms with van der Waals surface area (Å²) in [6, 6.07) is 5.05. The first-order valence-corrected chi connectivity index (χ1v) is 8.64. The highest BCUT2D eigenvalue weighted by Gasteiger charge is 2.09. The highest BCUT2D eigenvalue weighted by atomic mass is 32.2. The molecule has 1 amide bonds. The molecule has 0 aliphatic carbocycles. The lowest BCUT2D eigenvalue weighted by Gasteiger charge is -2.10. The number of amides is 1. The number of benzene rings is 1. The summed E-state index contributed by atoms with van der Waals surface area (Å²) >= 11 is 0. The van der Waals surface area contributed by atoms with Crippen LogP contribution in [0.2, 0.25) is 0 Å². The number of unbranched alkanes of at least 4 members (excludes halogenated alkanes) is 2. The molecule has 1 aromatic rings. The fraction of sp³-hybridized carbons (Fsp3) is 0.533. The van der Waals surface area contributed by atoms with Gasteiger partial charge in [-0.25, -0.2) is 0 Å². The third-order valence-electron chi connectivity index (χ3n) is 3.03. The third kappa shape index (κ3) is 6.62. The number of anilines is 2. The van der Waals surface area contributed by atoms with Crippen molar-refractivity contribution in [2.75, 3.05) is 29.7 Å². The molecule has 1 aromatic carbocycles. The van der Waals surface area contributed by atoms with E-state index in [2.05, 4.69) is 12.2 Å². The first kappa shape index (κ1) is 17.5. The number of carbonyl (C=O) groups excluding carboxylic acids is 1. The van der Waals surface area contributed by atoms with E-state index in [1.807, 2.05) is 0 Å². The Labute approximate surface area is 128 Å². The maximum Gasteiger partial charge on any atom is 0.225 e. The van der Waals surface area contributed by atoms with Crippen molar-refractivity contribution in [1.29, 1.82) is 0 Å². The van der Waals surface area contributed by atoms with Gasteiger partial charge in [-0.15, -0.1) is 0 Å². The minimum atomic E-state index is -0.923. The third-order valence-corrected chi connectivity index (χ3v) is 4.44. The highest BCUT2D eigenvalue weighted by Crippen LogP contribution is 2.26. The molecule has 118 valence electrons. The number of nitrogens with one attached hydrogen (secondary N) is 1. The molecule has 3 N–H and O–H groups in total. The van der Waals surface area contributed by atoms with Crippen molar-refractivity contribution in [2.24, 2.45) is 0 Å². The largest absolute Gasteiger partial charge is 0.494 e. The average molecular weight is 312 g/mol. The number of nitrogens with two attached hydrogens (primary N) is 1. The van der Waals surface area contributed by atoms with E-state index in [1.54, 1.807) is 18.2 Å². The summed E-state index contributed by atoms with van der Waals surface area (Å²) in [4.78, 5) is 11.9. The van der Waals surface area contributed by atoms with Gasteiger partial charge in [0.05, 0.1) is 12.8 Å². The zero-order valence-corrected chi connectivity index (χ0v) is 13.5. The first-order valence-electron chi connectivity index (χ1n) is 7.15. The van der Waals surface area contributed by atoms with Gasteiger partial charge in [0.15, 0.2) is 0 Å². The van der Waals surface area contributed by atoms with E-state index in [9.17, 15) is 9.00 Å². The van der Waals surface area contributed by atoms with Gasteiger partial charge in [-0.3, -0.25) is 9.00 Å². The molecule has 1 unspecified atom stereocenters. The second-order valence-electron chi connectivity index (χ2n) is 4.81. The Morgan fingerprint density at radius 2 is 2.10 bits per heavy atom. The van der Waals surface area contributed by atoms with E-state index in [4.69, 9.17) is 10.5 Å². The maximum atomic E-state index is 11.9. The smallest absolute Gasteiger partial charge is 0.225 e. The van der Waals surface area contributed by atoms with Gasteiger partial charge in [0.25, 0.3) is 0 Å². The Balaban J connectivity index is 2.42. The van der Waals surface area contributed by atoms with Crippen molar-refractivity contribution in [1.82, 2.24) is 0 Å². The van der Waals surface area contributed by atoms with Crippen molar-refractivity contribution in [3.8, 4) is 5.75 Å². The molecule has 0 aliphatic heterocycles. The van der Waals surface area contributed by atoms with Crippen molar-refractivity contribution in [3.05, 3.63) is 18.2 Å². The summed E-state index contributed by atoms with van der Waals surface area (Å²) in [5.41, 5.74) is 6.81. The summed E-state index contributed by atoms with van der Waals surface area (Å²) in [6.07, 6.45) is 3.39. The predicted octanol–water partition coefficient (Wildman–Crippen LogP) is 2.54. The molecule has 1 atom stereocenters. The summed E-state index contributed by atoms with van der Waals surface area (Å²) in [6.45, 7) is 2.11. The number of nitrogen functional groups attached to an aromatic ring is 1. The summed E-state index contributed by atoms with van der Waals surface area (Å²) in [7, 11) is 0.598. The normalized spacial score (nSPS) is 11.9. The summed E-state index contributed by atoms with van der Waals surface area (Å²) < 4.78 is 16.9. The molecule has 5 nitrogen and oxygen atoms in total. The molecule has 0 saturated carbocycles. The zero-order chi connectivity index (χ0) is 15.7. The van der Waals surface area contributed by atoms with Crippen molar-refractivity contribution < 1.29 is 13.7 Å². The van der Waals surface area contributed by atoms with Gasteiger partial charge < -0.3 is 15.8 Å². The zero-order valence-electron chi connectivity index (χ0n) is 12.7. The second-order valence-corrected chi connectivity index (χ2v) is 6.51. The maximum absolute atomic E-state index is 11.9. The first-order chi connectivity index (χ1) is 10.1. The molecule has 1 rings (SSSR count). The molecular weight excluding hydrogens is 288 g/mol. The monoisotopic (exact) mass is 312 g/mol. The lowest BCUT2D eigenvalue weighted by molar-refractivity contribution is -0.115.